The molecule has 3 aliphatic rings. The van der Waals surface area contributed by atoms with Gasteiger partial charge >= 0.3 is 5.97 Å². The summed E-state index contributed by atoms with van der Waals surface area (Å²) in [4.78, 5) is 11.5. The molecule has 0 aromatic heterocycles. The Morgan fingerprint density at radius 3 is 2.28 bits per heavy atom. The van der Waals surface area contributed by atoms with Crippen molar-refractivity contribution >= 4 is 5.97 Å². The molecule has 18 heavy (non-hydrogen) atoms. The number of carbonyl (C=O) groups excluding carboxylic acids is 1. The number of hydrogen-bond donors (Lipinski definition) is 0. The maximum atomic E-state index is 11.5. The molecule has 0 heterocycles. The van der Waals surface area contributed by atoms with Gasteiger partial charge in [-0.3, -0.25) is 0 Å². The highest BCUT2D eigenvalue weighted by molar-refractivity contribution is 5.87. The van der Waals surface area contributed by atoms with Crippen LogP contribution in [-0.4, -0.2) is 11.6 Å². The van der Waals surface area contributed by atoms with Crippen molar-refractivity contribution in [3.05, 3.63) is 12.2 Å². The fraction of sp³-hybridized carbons (Fsp3) is 0.812. The van der Waals surface area contributed by atoms with Gasteiger partial charge in [0.05, 0.1) is 0 Å². The van der Waals surface area contributed by atoms with E-state index < -0.39 is 0 Å². The van der Waals surface area contributed by atoms with Crippen LogP contribution in [0, 0.1) is 17.8 Å². The average Bonchev–Trinajstić information content (AvgIpc) is 2.25. The average molecular weight is 250 g/mol. The Morgan fingerprint density at radius 2 is 1.78 bits per heavy atom. The number of carbonyl (C=O) groups is 1. The minimum Gasteiger partial charge on any atom is -0.456 e. The lowest BCUT2D eigenvalue weighted by Crippen LogP contribution is -2.35. The molecule has 0 aromatic rings. The third kappa shape index (κ3) is 3.37. The first-order chi connectivity index (χ1) is 8.35. The molecule has 2 bridgehead atoms. The van der Waals surface area contributed by atoms with Crippen molar-refractivity contribution in [2.45, 2.75) is 64.9 Å². The predicted molar refractivity (Wildman–Crippen MR) is 73.2 cm³/mol. The van der Waals surface area contributed by atoms with Gasteiger partial charge < -0.3 is 4.74 Å². The van der Waals surface area contributed by atoms with Crippen LogP contribution in [-0.2, 0) is 9.53 Å². The Labute approximate surface area is 111 Å². The van der Waals surface area contributed by atoms with Crippen molar-refractivity contribution in [3.63, 3.8) is 0 Å². The van der Waals surface area contributed by atoms with E-state index in [4.69, 9.17) is 4.74 Å². The minimum absolute atomic E-state index is 0.258. The van der Waals surface area contributed by atoms with Crippen LogP contribution in [0.4, 0.5) is 0 Å². The molecule has 0 atom stereocenters. The third-order valence-electron chi connectivity index (χ3n) is 4.54. The van der Waals surface area contributed by atoms with E-state index in [0.717, 1.165) is 24.2 Å². The van der Waals surface area contributed by atoms with E-state index in [-0.39, 0.29) is 11.6 Å². The summed E-state index contributed by atoms with van der Waals surface area (Å²) in [6.07, 6.45) is 7.93. The van der Waals surface area contributed by atoms with Gasteiger partial charge in [-0.2, -0.15) is 0 Å². The molecule has 0 aliphatic heterocycles. The largest absolute Gasteiger partial charge is 0.456 e. The summed E-state index contributed by atoms with van der Waals surface area (Å²) in [5.74, 6) is 2.63. The molecule has 2 nitrogen and oxygen atoms in total. The SMILES string of the molecule is C=C(C)C(=O)OC(C)(C)CCC1CC2CC(C1)C2. The summed E-state index contributed by atoms with van der Waals surface area (Å²) in [6.45, 7) is 9.35. The highest BCUT2D eigenvalue weighted by Crippen LogP contribution is 2.49. The zero-order valence-electron chi connectivity index (χ0n) is 12.0. The van der Waals surface area contributed by atoms with Crippen LogP contribution in [0.25, 0.3) is 0 Å². The van der Waals surface area contributed by atoms with Crippen LogP contribution in [0.1, 0.15) is 59.3 Å². The lowest BCUT2D eigenvalue weighted by molar-refractivity contribution is -0.152. The minimum atomic E-state index is -0.350. The lowest BCUT2D eigenvalue weighted by atomic mass is 9.60. The Morgan fingerprint density at radius 1 is 1.22 bits per heavy atom. The molecular formula is C16H26O2. The molecule has 0 aromatic carbocycles. The lowest BCUT2D eigenvalue weighted by Gasteiger charge is -2.45. The molecule has 3 saturated carbocycles. The third-order valence-corrected chi connectivity index (χ3v) is 4.54. The van der Waals surface area contributed by atoms with Gasteiger partial charge in [0, 0.05) is 5.57 Å². The van der Waals surface area contributed by atoms with Crippen LogP contribution in [0.5, 0.6) is 0 Å². The Balaban J connectivity index is 1.74. The first-order valence-corrected chi connectivity index (χ1v) is 7.24. The molecule has 102 valence electrons. The summed E-state index contributed by atoms with van der Waals surface area (Å²) in [6, 6.07) is 0. The predicted octanol–water partition coefficient (Wildman–Crippen LogP) is 4.10. The van der Waals surface area contributed by atoms with E-state index in [0.29, 0.717) is 5.57 Å². The molecule has 3 rings (SSSR count). The second-order valence-electron chi connectivity index (χ2n) is 7.01. The van der Waals surface area contributed by atoms with E-state index in [1.54, 1.807) is 6.92 Å². The Hall–Kier alpha value is -0.790. The molecule has 3 fully saturated rings. The molecule has 2 heteroatoms. The van der Waals surface area contributed by atoms with E-state index >= 15 is 0 Å². The summed E-state index contributed by atoms with van der Waals surface area (Å²) in [5, 5.41) is 0. The van der Waals surface area contributed by atoms with Gasteiger partial charge in [0.2, 0.25) is 0 Å². The standard InChI is InChI=1S/C16H26O2/c1-11(2)15(17)18-16(3,4)6-5-12-7-13-9-14(8-12)10-13/h12-14H,1,5-10H2,2-4H3. The van der Waals surface area contributed by atoms with Crippen molar-refractivity contribution in [1.82, 2.24) is 0 Å². The second kappa shape index (κ2) is 5.07. The first-order valence-electron chi connectivity index (χ1n) is 7.24. The number of rotatable bonds is 5. The van der Waals surface area contributed by atoms with Crippen LogP contribution in [0.3, 0.4) is 0 Å². The number of fused-ring (bicyclic) bond motifs is 2. The monoisotopic (exact) mass is 250 g/mol. The first kappa shape index (κ1) is 13.6. The van der Waals surface area contributed by atoms with Gasteiger partial charge in [-0.05, 0) is 77.0 Å². The van der Waals surface area contributed by atoms with Gasteiger partial charge in [-0.1, -0.05) is 6.58 Å². The highest BCUT2D eigenvalue weighted by Gasteiger charge is 2.38. The van der Waals surface area contributed by atoms with Crippen LogP contribution in [0.15, 0.2) is 12.2 Å². The number of ether oxygens (including phenoxy) is 1. The Kier molecular flexibility index (Phi) is 3.84. The van der Waals surface area contributed by atoms with Crippen molar-refractivity contribution in [2.75, 3.05) is 0 Å². The maximum Gasteiger partial charge on any atom is 0.333 e. The normalized spacial score (nSPS) is 30.5. The van der Waals surface area contributed by atoms with Gasteiger partial charge in [0.1, 0.15) is 5.60 Å². The van der Waals surface area contributed by atoms with Crippen molar-refractivity contribution in [1.29, 1.82) is 0 Å². The quantitative estimate of drug-likeness (QED) is 0.542. The highest BCUT2D eigenvalue weighted by atomic mass is 16.6. The van der Waals surface area contributed by atoms with Gasteiger partial charge in [-0.15, -0.1) is 0 Å². The molecule has 3 aliphatic carbocycles. The molecule has 0 saturated heterocycles. The maximum absolute atomic E-state index is 11.5. The van der Waals surface area contributed by atoms with Gasteiger partial charge in [0.25, 0.3) is 0 Å². The van der Waals surface area contributed by atoms with Gasteiger partial charge in [-0.25, -0.2) is 4.79 Å². The summed E-state index contributed by atoms with van der Waals surface area (Å²) in [5.41, 5.74) is 0.138. The van der Waals surface area contributed by atoms with Crippen molar-refractivity contribution < 1.29 is 9.53 Å². The van der Waals surface area contributed by atoms with Crippen molar-refractivity contribution in [2.24, 2.45) is 17.8 Å². The summed E-state index contributed by atoms with van der Waals surface area (Å²) < 4.78 is 5.49. The van der Waals surface area contributed by atoms with E-state index in [2.05, 4.69) is 6.58 Å². The summed E-state index contributed by atoms with van der Waals surface area (Å²) in [7, 11) is 0. The van der Waals surface area contributed by atoms with E-state index in [1.807, 2.05) is 13.8 Å². The molecule has 0 radical (unpaired) electrons. The van der Waals surface area contributed by atoms with Crippen LogP contribution < -0.4 is 0 Å². The fourth-order valence-electron chi connectivity index (χ4n) is 3.47. The number of esters is 1. The molecular weight excluding hydrogens is 224 g/mol. The van der Waals surface area contributed by atoms with E-state index in [9.17, 15) is 4.79 Å². The second-order valence-corrected chi connectivity index (χ2v) is 7.01. The molecule has 0 amide bonds. The fourth-order valence-corrected chi connectivity index (χ4v) is 3.47. The number of hydrogen-bond acceptors (Lipinski definition) is 2. The van der Waals surface area contributed by atoms with Crippen LogP contribution in [0.2, 0.25) is 0 Å². The Bertz CT molecular complexity index is 327. The topological polar surface area (TPSA) is 26.3 Å². The summed E-state index contributed by atoms with van der Waals surface area (Å²) >= 11 is 0. The zero-order valence-corrected chi connectivity index (χ0v) is 12.0. The smallest absolute Gasteiger partial charge is 0.333 e. The van der Waals surface area contributed by atoms with E-state index in [1.165, 1.54) is 32.1 Å². The molecule has 0 spiro atoms. The zero-order chi connectivity index (χ0) is 13.3. The van der Waals surface area contributed by atoms with Gasteiger partial charge in [0.15, 0.2) is 0 Å². The molecule has 0 unspecified atom stereocenters. The van der Waals surface area contributed by atoms with Crippen LogP contribution >= 0.6 is 0 Å². The molecule has 0 N–H and O–H groups in total. The van der Waals surface area contributed by atoms with Crippen molar-refractivity contribution in [3.8, 4) is 0 Å².